The highest BCUT2D eigenvalue weighted by Gasteiger charge is 2.05. The topological polar surface area (TPSA) is 38.0 Å². The van der Waals surface area contributed by atoms with E-state index in [1.54, 1.807) is 24.6 Å². The van der Waals surface area contributed by atoms with Gasteiger partial charge in [0.15, 0.2) is 0 Å². The van der Waals surface area contributed by atoms with E-state index in [2.05, 4.69) is 16.9 Å². The van der Waals surface area contributed by atoms with E-state index in [9.17, 15) is 5.11 Å². The normalized spacial score (nSPS) is 10.7. The van der Waals surface area contributed by atoms with E-state index in [4.69, 9.17) is 0 Å². The van der Waals surface area contributed by atoms with Crippen molar-refractivity contribution in [2.24, 2.45) is 7.05 Å². The minimum Gasteiger partial charge on any atom is -0.378 e. The molecule has 3 heteroatoms. The Morgan fingerprint density at radius 1 is 1.58 bits per heavy atom. The first-order chi connectivity index (χ1) is 5.47. The summed E-state index contributed by atoms with van der Waals surface area (Å²) in [6.45, 7) is 3.28. The third-order valence-corrected chi connectivity index (χ3v) is 1.21. The van der Waals surface area contributed by atoms with E-state index in [-0.39, 0.29) is 0 Å². The van der Waals surface area contributed by atoms with Crippen LogP contribution in [0.15, 0.2) is 12.3 Å². The Balaban J connectivity index is 2.80. The Bertz CT molecular complexity index is 322. The van der Waals surface area contributed by atoms with Crippen LogP contribution >= 0.6 is 0 Å². The molecule has 12 heavy (non-hydrogen) atoms. The molecule has 0 aromatic carbocycles. The standard InChI is InChI=1S/C9H12N2O/c1-9(2,12)6-4-8-5-7-11(3)10-8/h5,7,12H,1-3H3. The first kappa shape index (κ1) is 8.82. The van der Waals surface area contributed by atoms with Crippen LogP contribution < -0.4 is 0 Å². The maximum Gasteiger partial charge on any atom is 0.135 e. The summed E-state index contributed by atoms with van der Waals surface area (Å²) in [7, 11) is 1.83. The lowest BCUT2D eigenvalue weighted by molar-refractivity contribution is 0.143. The smallest absolute Gasteiger partial charge is 0.135 e. The maximum atomic E-state index is 9.28. The molecular formula is C9H12N2O. The average Bonchev–Trinajstić information content (AvgIpc) is 2.30. The average molecular weight is 164 g/mol. The van der Waals surface area contributed by atoms with Crippen molar-refractivity contribution in [3.05, 3.63) is 18.0 Å². The monoisotopic (exact) mass is 164 g/mol. The van der Waals surface area contributed by atoms with Crippen LogP contribution in [-0.4, -0.2) is 20.5 Å². The summed E-state index contributed by atoms with van der Waals surface area (Å²) in [5, 5.41) is 13.3. The van der Waals surface area contributed by atoms with Gasteiger partial charge in [-0.3, -0.25) is 4.68 Å². The summed E-state index contributed by atoms with van der Waals surface area (Å²) in [6, 6.07) is 1.80. The Morgan fingerprint density at radius 3 is 2.67 bits per heavy atom. The van der Waals surface area contributed by atoms with Gasteiger partial charge in [0.2, 0.25) is 0 Å². The summed E-state index contributed by atoms with van der Waals surface area (Å²) < 4.78 is 1.67. The van der Waals surface area contributed by atoms with Crippen LogP contribution in [0, 0.1) is 11.8 Å². The number of rotatable bonds is 0. The van der Waals surface area contributed by atoms with Gasteiger partial charge in [-0.05, 0) is 25.8 Å². The Labute approximate surface area is 72.0 Å². The molecule has 0 saturated carbocycles. The molecule has 3 nitrogen and oxygen atoms in total. The van der Waals surface area contributed by atoms with E-state index in [0.29, 0.717) is 5.69 Å². The van der Waals surface area contributed by atoms with Gasteiger partial charge in [0, 0.05) is 13.2 Å². The van der Waals surface area contributed by atoms with Gasteiger partial charge < -0.3 is 5.11 Å². The molecule has 0 aliphatic carbocycles. The van der Waals surface area contributed by atoms with Gasteiger partial charge in [-0.1, -0.05) is 5.92 Å². The van der Waals surface area contributed by atoms with Crippen LogP contribution in [0.3, 0.4) is 0 Å². The number of aryl methyl sites for hydroxylation is 1. The Morgan fingerprint density at radius 2 is 2.25 bits per heavy atom. The van der Waals surface area contributed by atoms with E-state index in [1.807, 2.05) is 13.2 Å². The first-order valence-electron chi connectivity index (χ1n) is 3.72. The van der Waals surface area contributed by atoms with Gasteiger partial charge in [0.1, 0.15) is 11.3 Å². The zero-order valence-corrected chi connectivity index (χ0v) is 7.50. The molecule has 1 rings (SSSR count). The van der Waals surface area contributed by atoms with Crippen molar-refractivity contribution >= 4 is 0 Å². The minimum absolute atomic E-state index is 0.680. The van der Waals surface area contributed by atoms with Crippen molar-refractivity contribution in [3.8, 4) is 11.8 Å². The molecule has 1 aromatic rings. The predicted octanol–water partition coefficient (Wildman–Crippen LogP) is 0.542. The molecule has 1 heterocycles. The summed E-state index contributed by atoms with van der Waals surface area (Å²) in [4.78, 5) is 0. The van der Waals surface area contributed by atoms with E-state index in [1.165, 1.54) is 0 Å². The second kappa shape index (κ2) is 3.00. The van der Waals surface area contributed by atoms with Crippen LogP contribution in [-0.2, 0) is 7.05 Å². The summed E-state index contributed by atoms with van der Waals surface area (Å²) >= 11 is 0. The third kappa shape index (κ3) is 2.77. The highest BCUT2D eigenvalue weighted by atomic mass is 16.3. The number of aromatic nitrogens is 2. The molecule has 64 valence electrons. The fourth-order valence-corrected chi connectivity index (χ4v) is 0.699. The Kier molecular flexibility index (Phi) is 2.20. The molecule has 0 radical (unpaired) electrons. The SMILES string of the molecule is Cn1ccc(C#CC(C)(C)O)n1. The van der Waals surface area contributed by atoms with Gasteiger partial charge in [0.25, 0.3) is 0 Å². The van der Waals surface area contributed by atoms with Gasteiger partial charge >= 0.3 is 0 Å². The largest absolute Gasteiger partial charge is 0.378 e. The molecule has 0 unspecified atom stereocenters. The lowest BCUT2D eigenvalue weighted by Crippen LogP contribution is -2.14. The second-order valence-corrected chi connectivity index (χ2v) is 3.18. The zero-order chi connectivity index (χ0) is 9.19. The number of hydrogen-bond acceptors (Lipinski definition) is 2. The van der Waals surface area contributed by atoms with Gasteiger partial charge in [-0.25, -0.2) is 0 Å². The predicted molar refractivity (Wildman–Crippen MR) is 46.4 cm³/mol. The van der Waals surface area contributed by atoms with Crippen molar-refractivity contribution in [2.75, 3.05) is 0 Å². The van der Waals surface area contributed by atoms with Crippen molar-refractivity contribution in [3.63, 3.8) is 0 Å². The lowest BCUT2D eigenvalue weighted by atomic mass is 10.1. The molecule has 0 fully saturated rings. The molecule has 0 aliphatic heterocycles. The fraction of sp³-hybridized carbons (Fsp3) is 0.444. The molecule has 0 atom stereocenters. The molecule has 1 N–H and O–H groups in total. The van der Waals surface area contributed by atoms with Crippen LogP contribution in [0.4, 0.5) is 0 Å². The maximum absolute atomic E-state index is 9.28. The number of nitrogens with zero attached hydrogens (tertiary/aromatic N) is 2. The van der Waals surface area contributed by atoms with Crippen LogP contribution in [0.2, 0.25) is 0 Å². The highest BCUT2D eigenvalue weighted by molar-refractivity contribution is 5.28. The van der Waals surface area contributed by atoms with Gasteiger partial charge in [-0.2, -0.15) is 5.10 Å². The zero-order valence-electron chi connectivity index (χ0n) is 7.50. The van der Waals surface area contributed by atoms with Crippen molar-refractivity contribution in [2.45, 2.75) is 19.4 Å². The minimum atomic E-state index is -0.947. The number of hydrogen-bond donors (Lipinski definition) is 1. The van der Waals surface area contributed by atoms with Crippen molar-refractivity contribution in [1.82, 2.24) is 9.78 Å². The van der Waals surface area contributed by atoms with Crippen LogP contribution in [0.5, 0.6) is 0 Å². The quantitative estimate of drug-likeness (QED) is 0.568. The number of aliphatic hydroxyl groups is 1. The summed E-state index contributed by atoms with van der Waals surface area (Å²) in [5.74, 6) is 5.45. The summed E-state index contributed by atoms with van der Waals surface area (Å²) in [5.41, 5.74) is -0.267. The summed E-state index contributed by atoms with van der Waals surface area (Å²) in [6.07, 6.45) is 1.81. The molecule has 0 saturated heterocycles. The van der Waals surface area contributed by atoms with Gasteiger partial charge in [0.05, 0.1) is 0 Å². The van der Waals surface area contributed by atoms with Crippen molar-refractivity contribution < 1.29 is 5.11 Å². The van der Waals surface area contributed by atoms with Crippen molar-refractivity contribution in [1.29, 1.82) is 0 Å². The molecule has 0 bridgehead atoms. The third-order valence-electron chi connectivity index (χ3n) is 1.21. The van der Waals surface area contributed by atoms with E-state index >= 15 is 0 Å². The molecule has 1 aromatic heterocycles. The molecule has 0 amide bonds. The molecule has 0 spiro atoms. The van der Waals surface area contributed by atoms with Crippen LogP contribution in [0.25, 0.3) is 0 Å². The van der Waals surface area contributed by atoms with E-state index < -0.39 is 5.60 Å². The highest BCUT2D eigenvalue weighted by Crippen LogP contribution is 1.98. The molecule has 0 aliphatic rings. The second-order valence-electron chi connectivity index (χ2n) is 3.18. The van der Waals surface area contributed by atoms with Gasteiger partial charge in [-0.15, -0.1) is 0 Å². The van der Waals surface area contributed by atoms with E-state index in [0.717, 1.165) is 0 Å². The van der Waals surface area contributed by atoms with Crippen LogP contribution in [0.1, 0.15) is 19.5 Å². The molecular weight excluding hydrogens is 152 g/mol. The lowest BCUT2D eigenvalue weighted by Gasteiger charge is -2.05. The Hall–Kier alpha value is -1.27. The first-order valence-corrected chi connectivity index (χ1v) is 3.72. The fourth-order valence-electron chi connectivity index (χ4n) is 0.699.